The highest BCUT2D eigenvalue weighted by Gasteiger charge is 2.52. The van der Waals surface area contributed by atoms with Crippen LogP contribution in [0.2, 0.25) is 0 Å². The molecule has 1 saturated heterocycles. The fourth-order valence-electron chi connectivity index (χ4n) is 1.95. The van der Waals surface area contributed by atoms with Gasteiger partial charge in [0.05, 0.1) is 16.8 Å². The standard InChI is InChI=1S/C13H17BF3NO2.ClH/c1-11(2)12(3,4)20-14(19-11)8-5-6-10(18)9(7-8)13(15,16)17;/h5-7H,18H2,1-4H3;1H. The topological polar surface area (TPSA) is 44.5 Å². The number of hydrogen-bond donors (Lipinski definition) is 1. The Bertz CT molecular complexity index is 519. The molecule has 0 aromatic heterocycles. The van der Waals surface area contributed by atoms with Crippen LogP contribution < -0.4 is 11.2 Å². The molecule has 0 radical (unpaired) electrons. The molecular weight excluding hydrogens is 305 g/mol. The molecule has 0 unspecified atom stereocenters. The van der Waals surface area contributed by atoms with Gasteiger partial charge in [0, 0.05) is 5.69 Å². The predicted molar refractivity (Wildman–Crippen MR) is 78.8 cm³/mol. The Hall–Kier alpha value is -0.915. The maximum Gasteiger partial charge on any atom is 0.494 e. The maximum atomic E-state index is 12.9. The molecule has 2 rings (SSSR count). The van der Waals surface area contributed by atoms with Crippen molar-refractivity contribution in [2.45, 2.75) is 45.1 Å². The second-order valence-electron chi connectivity index (χ2n) is 5.93. The summed E-state index contributed by atoms with van der Waals surface area (Å²) < 4.78 is 50.0. The van der Waals surface area contributed by atoms with E-state index in [0.717, 1.165) is 6.07 Å². The summed E-state index contributed by atoms with van der Waals surface area (Å²) in [7, 11) is -0.832. The van der Waals surface area contributed by atoms with E-state index in [2.05, 4.69) is 0 Å². The lowest BCUT2D eigenvalue weighted by molar-refractivity contribution is -0.136. The highest BCUT2D eigenvalue weighted by molar-refractivity contribution is 6.62. The Labute approximate surface area is 128 Å². The molecule has 118 valence electrons. The summed E-state index contributed by atoms with van der Waals surface area (Å²) in [5, 5.41) is 0. The number of benzene rings is 1. The number of anilines is 1. The Balaban J connectivity index is 0.00000220. The maximum absolute atomic E-state index is 12.9. The summed E-state index contributed by atoms with van der Waals surface area (Å²) in [6.45, 7) is 7.37. The molecule has 0 saturated carbocycles. The molecule has 8 heteroatoms. The molecule has 0 spiro atoms. The Kier molecular flexibility index (Phi) is 4.64. The minimum absolute atomic E-state index is 0. The summed E-state index contributed by atoms with van der Waals surface area (Å²) in [6.07, 6.45) is -4.50. The van der Waals surface area contributed by atoms with Crippen molar-refractivity contribution < 1.29 is 22.5 Å². The van der Waals surface area contributed by atoms with Gasteiger partial charge < -0.3 is 15.0 Å². The number of halogens is 4. The highest BCUT2D eigenvalue weighted by atomic mass is 35.5. The molecule has 0 amide bonds. The average molecular weight is 324 g/mol. The van der Waals surface area contributed by atoms with Gasteiger partial charge in [-0.05, 0) is 45.3 Å². The average Bonchev–Trinajstić information content (AvgIpc) is 2.47. The van der Waals surface area contributed by atoms with Gasteiger partial charge in [-0.1, -0.05) is 6.07 Å². The van der Waals surface area contributed by atoms with Crippen molar-refractivity contribution in [2.24, 2.45) is 0 Å². The second kappa shape index (κ2) is 5.37. The molecule has 1 aliphatic rings. The van der Waals surface area contributed by atoms with Crippen molar-refractivity contribution in [3.05, 3.63) is 23.8 Å². The first kappa shape index (κ1) is 18.1. The van der Waals surface area contributed by atoms with Crippen molar-refractivity contribution >= 4 is 30.7 Å². The fourth-order valence-corrected chi connectivity index (χ4v) is 1.95. The van der Waals surface area contributed by atoms with E-state index in [-0.39, 0.29) is 18.1 Å². The lowest BCUT2D eigenvalue weighted by Gasteiger charge is -2.32. The van der Waals surface area contributed by atoms with E-state index < -0.39 is 30.1 Å². The zero-order valence-corrected chi connectivity index (χ0v) is 13.1. The van der Waals surface area contributed by atoms with Crippen LogP contribution >= 0.6 is 12.4 Å². The second-order valence-corrected chi connectivity index (χ2v) is 5.93. The van der Waals surface area contributed by atoms with E-state index in [1.807, 2.05) is 27.7 Å². The van der Waals surface area contributed by atoms with Crippen LogP contribution in [0.25, 0.3) is 0 Å². The minimum atomic E-state index is -4.50. The summed E-state index contributed by atoms with van der Waals surface area (Å²) in [5.41, 5.74) is 3.31. The summed E-state index contributed by atoms with van der Waals surface area (Å²) >= 11 is 0. The van der Waals surface area contributed by atoms with Crippen LogP contribution in [0.1, 0.15) is 33.3 Å². The van der Waals surface area contributed by atoms with Gasteiger partial charge in [-0.15, -0.1) is 12.4 Å². The van der Waals surface area contributed by atoms with Gasteiger partial charge >= 0.3 is 13.3 Å². The molecule has 21 heavy (non-hydrogen) atoms. The monoisotopic (exact) mass is 323 g/mol. The van der Waals surface area contributed by atoms with Crippen molar-refractivity contribution in [1.29, 1.82) is 0 Å². The summed E-state index contributed by atoms with van der Waals surface area (Å²) in [4.78, 5) is 0. The number of rotatable bonds is 1. The van der Waals surface area contributed by atoms with Crippen molar-refractivity contribution in [1.82, 2.24) is 0 Å². The third-order valence-electron chi connectivity index (χ3n) is 3.91. The molecule has 0 atom stereocenters. The van der Waals surface area contributed by atoms with E-state index in [9.17, 15) is 13.2 Å². The first-order chi connectivity index (χ1) is 8.94. The van der Waals surface area contributed by atoms with Crippen LogP contribution in [0.4, 0.5) is 18.9 Å². The van der Waals surface area contributed by atoms with Crippen LogP contribution in [0.5, 0.6) is 0 Å². The lowest BCUT2D eigenvalue weighted by Crippen LogP contribution is -2.41. The fraction of sp³-hybridized carbons (Fsp3) is 0.538. The molecule has 1 aromatic carbocycles. The van der Waals surface area contributed by atoms with Gasteiger partial charge in [0.15, 0.2) is 0 Å². The van der Waals surface area contributed by atoms with Crippen LogP contribution in [0.3, 0.4) is 0 Å². The van der Waals surface area contributed by atoms with E-state index >= 15 is 0 Å². The van der Waals surface area contributed by atoms with Crippen molar-refractivity contribution in [3.63, 3.8) is 0 Å². The van der Waals surface area contributed by atoms with E-state index in [1.54, 1.807) is 0 Å². The van der Waals surface area contributed by atoms with E-state index in [1.165, 1.54) is 12.1 Å². The van der Waals surface area contributed by atoms with Gasteiger partial charge in [-0.3, -0.25) is 0 Å². The van der Waals surface area contributed by atoms with Gasteiger partial charge in [0.2, 0.25) is 0 Å². The number of nitrogens with two attached hydrogens (primary N) is 1. The minimum Gasteiger partial charge on any atom is -0.399 e. The molecule has 1 aromatic rings. The summed E-state index contributed by atoms with van der Waals surface area (Å²) in [5.74, 6) is 0. The van der Waals surface area contributed by atoms with Crippen LogP contribution in [0, 0.1) is 0 Å². The molecule has 0 bridgehead atoms. The molecule has 1 fully saturated rings. The van der Waals surface area contributed by atoms with Gasteiger partial charge in [-0.2, -0.15) is 13.2 Å². The third kappa shape index (κ3) is 3.30. The third-order valence-corrected chi connectivity index (χ3v) is 3.91. The molecule has 1 aliphatic heterocycles. The van der Waals surface area contributed by atoms with E-state index in [4.69, 9.17) is 15.0 Å². The van der Waals surface area contributed by atoms with Gasteiger partial charge in [0.1, 0.15) is 0 Å². The zero-order valence-electron chi connectivity index (χ0n) is 12.2. The highest BCUT2D eigenvalue weighted by Crippen LogP contribution is 2.37. The molecule has 3 nitrogen and oxygen atoms in total. The molecule has 0 aliphatic carbocycles. The van der Waals surface area contributed by atoms with Gasteiger partial charge in [0.25, 0.3) is 0 Å². The first-order valence-corrected chi connectivity index (χ1v) is 6.26. The van der Waals surface area contributed by atoms with Crippen LogP contribution in [0.15, 0.2) is 18.2 Å². The molecular formula is C13H18BClF3NO2. The number of nitrogen functional groups attached to an aromatic ring is 1. The van der Waals surface area contributed by atoms with Crippen molar-refractivity contribution in [3.8, 4) is 0 Å². The van der Waals surface area contributed by atoms with E-state index in [0.29, 0.717) is 5.46 Å². The first-order valence-electron chi connectivity index (χ1n) is 6.26. The Morgan fingerprint density at radius 3 is 1.95 bits per heavy atom. The largest absolute Gasteiger partial charge is 0.494 e. The SMILES string of the molecule is CC1(C)OB(c2ccc(N)c(C(F)(F)F)c2)OC1(C)C.Cl. The molecule has 2 N–H and O–H groups in total. The number of hydrogen-bond acceptors (Lipinski definition) is 3. The number of alkyl halides is 3. The molecule has 1 heterocycles. The smallest absolute Gasteiger partial charge is 0.399 e. The summed E-state index contributed by atoms with van der Waals surface area (Å²) in [6, 6.07) is 3.70. The van der Waals surface area contributed by atoms with Gasteiger partial charge in [-0.25, -0.2) is 0 Å². The quantitative estimate of drug-likeness (QED) is 0.638. The zero-order chi connectivity index (χ0) is 15.3. The van der Waals surface area contributed by atoms with Crippen molar-refractivity contribution in [2.75, 3.05) is 5.73 Å². The van der Waals surface area contributed by atoms with Crippen LogP contribution in [-0.2, 0) is 15.5 Å². The normalized spacial score (nSPS) is 20.2. The Morgan fingerprint density at radius 1 is 1.05 bits per heavy atom. The predicted octanol–water partition coefficient (Wildman–Crippen LogP) is 3.01. The Morgan fingerprint density at radius 2 is 1.52 bits per heavy atom. The van der Waals surface area contributed by atoms with Crippen LogP contribution in [-0.4, -0.2) is 18.3 Å². The lowest BCUT2D eigenvalue weighted by atomic mass is 9.78.